The summed E-state index contributed by atoms with van der Waals surface area (Å²) >= 11 is 0. The molecule has 1 aliphatic heterocycles. The van der Waals surface area contributed by atoms with E-state index >= 15 is 0 Å². The molecule has 0 atom stereocenters. The fourth-order valence-corrected chi connectivity index (χ4v) is 1.56. The van der Waals surface area contributed by atoms with E-state index in [9.17, 15) is 4.79 Å². The third-order valence-corrected chi connectivity index (χ3v) is 2.45. The predicted molar refractivity (Wildman–Crippen MR) is 54.9 cm³/mol. The van der Waals surface area contributed by atoms with Crippen molar-refractivity contribution in [1.82, 2.24) is 4.90 Å². The molecule has 4 nitrogen and oxygen atoms in total. The normalized spacial score (nSPS) is 19.6. The summed E-state index contributed by atoms with van der Waals surface area (Å²) in [7, 11) is 0. The van der Waals surface area contributed by atoms with Crippen molar-refractivity contribution in [1.29, 1.82) is 0 Å². The van der Waals surface area contributed by atoms with Crippen molar-refractivity contribution in [2.24, 2.45) is 5.73 Å². The Hall–Kier alpha value is -0.610. The summed E-state index contributed by atoms with van der Waals surface area (Å²) in [5, 5.41) is 0. The summed E-state index contributed by atoms with van der Waals surface area (Å²) in [5.74, 6) is -0.109. The minimum Gasteiger partial charge on any atom is -0.465 e. The van der Waals surface area contributed by atoms with Crippen molar-refractivity contribution in [2.75, 3.05) is 26.2 Å². The van der Waals surface area contributed by atoms with Gasteiger partial charge in [0.1, 0.15) is 0 Å². The highest BCUT2D eigenvalue weighted by Crippen LogP contribution is 2.07. The van der Waals surface area contributed by atoms with Crippen molar-refractivity contribution in [3.05, 3.63) is 0 Å². The molecule has 0 unspecified atom stereocenters. The Kier molecular flexibility index (Phi) is 4.90. The van der Waals surface area contributed by atoms with Gasteiger partial charge in [0.15, 0.2) is 0 Å². The van der Waals surface area contributed by atoms with Crippen LogP contribution in [0.5, 0.6) is 0 Å². The minimum atomic E-state index is -0.109. The molecule has 0 aliphatic carbocycles. The first-order valence-electron chi connectivity index (χ1n) is 5.36. The minimum absolute atomic E-state index is 0.109. The number of hydrogen-bond acceptors (Lipinski definition) is 4. The number of rotatable bonds is 4. The lowest BCUT2D eigenvalue weighted by Gasteiger charge is -2.28. The fourth-order valence-electron chi connectivity index (χ4n) is 1.56. The first-order valence-corrected chi connectivity index (χ1v) is 5.36. The lowest BCUT2D eigenvalue weighted by Crippen LogP contribution is -2.42. The van der Waals surface area contributed by atoms with Gasteiger partial charge in [-0.1, -0.05) is 6.92 Å². The van der Waals surface area contributed by atoms with Crippen molar-refractivity contribution in [2.45, 2.75) is 32.2 Å². The van der Waals surface area contributed by atoms with E-state index in [-0.39, 0.29) is 5.97 Å². The third kappa shape index (κ3) is 4.07. The van der Waals surface area contributed by atoms with Gasteiger partial charge in [-0.15, -0.1) is 0 Å². The van der Waals surface area contributed by atoms with E-state index in [0.717, 1.165) is 32.4 Å². The zero-order valence-electron chi connectivity index (χ0n) is 8.87. The van der Waals surface area contributed by atoms with Crippen LogP contribution >= 0.6 is 0 Å². The maximum Gasteiger partial charge on any atom is 0.320 e. The van der Waals surface area contributed by atoms with Crippen LogP contribution < -0.4 is 5.73 Å². The number of esters is 1. The third-order valence-electron chi connectivity index (χ3n) is 2.45. The average Bonchev–Trinajstić information content (AvgIpc) is 2.18. The molecule has 0 spiro atoms. The van der Waals surface area contributed by atoms with Crippen molar-refractivity contribution < 1.29 is 9.53 Å². The lowest BCUT2D eigenvalue weighted by atomic mass is 10.1. The summed E-state index contributed by atoms with van der Waals surface area (Å²) in [6, 6.07) is 0.318. The summed E-state index contributed by atoms with van der Waals surface area (Å²) in [5.41, 5.74) is 5.77. The van der Waals surface area contributed by atoms with Gasteiger partial charge in [0, 0.05) is 19.1 Å². The van der Waals surface area contributed by atoms with E-state index in [0.29, 0.717) is 19.2 Å². The van der Waals surface area contributed by atoms with Crippen LogP contribution in [0, 0.1) is 0 Å². The number of carbonyl (C=O) groups is 1. The van der Waals surface area contributed by atoms with Gasteiger partial charge in [-0.3, -0.25) is 9.69 Å². The lowest BCUT2D eigenvalue weighted by molar-refractivity contribution is -0.145. The van der Waals surface area contributed by atoms with E-state index in [1.807, 2.05) is 6.92 Å². The van der Waals surface area contributed by atoms with Crippen molar-refractivity contribution in [3.63, 3.8) is 0 Å². The second-order valence-electron chi connectivity index (χ2n) is 3.83. The fraction of sp³-hybridized carbons (Fsp3) is 0.900. The molecular weight excluding hydrogens is 180 g/mol. The molecule has 82 valence electrons. The summed E-state index contributed by atoms with van der Waals surface area (Å²) < 4.78 is 5.01. The molecule has 2 N–H and O–H groups in total. The molecule has 0 radical (unpaired) electrons. The number of nitrogens with two attached hydrogens (primary N) is 1. The Morgan fingerprint density at radius 1 is 1.50 bits per heavy atom. The standard InChI is InChI=1S/C10H20N2O2/c1-2-7-14-10(13)8-12-5-3-9(11)4-6-12/h9H,2-8,11H2,1H3. The second-order valence-corrected chi connectivity index (χ2v) is 3.83. The van der Waals surface area contributed by atoms with E-state index in [4.69, 9.17) is 10.5 Å². The van der Waals surface area contributed by atoms with Crippen molar-refractivity contribution >= 4 is 5.97 Å². The Morgan fingerprint density at radius 3 is 2.71 bits per heavy atom. The van der Waals surface area contributed by atoms with Crippen molar-refractivity contribution in [3.8, 4) is 0 Å². The Balaban J connectivity index is 2.14. The van der Waals surface area contributed by atoms with E-state index in [2.05, 4.69) is 4.90 Å². The van der Waals surface area contributed by atoms with Crippen LogP contribution in [-0.2, 0) is 9.53 Å². The quantitative estimate of drug-likeness (QED) is 0.666. The molecular formula is C10H20N2O2. The number of hydrogen-bond donors (Lipinski definition) is 1. The molecule has 0 amide bonds. The monoisotopic (exact) mass is 200 g/mol. The first-order chi connectivity index (χ1) is 6.72. The molecule has 0 bridgehead atoms. The van der Waals surface area contributed by atoms with Gasteiger partial charge in [0.2, 0.25) is 0 Å². The van der Waals surface area contributed by atoms with Gasteiger partial charge < -0.3 is 10.5 Å². The van der Waals surface area contributed by atoms with Crippen LogP contribution in [-0.4, -0.2) is 43.2 Å². The largest absolute Gasteiger partial charge is 0.465 e. The first kappa shape index (κ1) is 11.5. The van der Waals surface area contributed by atoms with Gasteiger partial charge in [-0.25, -0.2) is 0 Å². The molecule has 0 aromatic carbocycles. The highest BCUT2D eigenvalue weighted by atomic mass is 16.5. The Labute approximate surface area is 85.4 Å². The number of ether oxygens (including phenoxy) is 1. The molecule has 14 heavy (non-hydrogen) atoms. The topological polar surface area (TPSA) is 55.6 Å². The summed E-state index contributed by atoms with van der Waals surface area (Å²) in [6.07, 6.45) is 2.86. The number of likely N-dealkylation sites (tertiary alicyclic amines) is 1. The van der Waals surface area contributed by atoms with E-state index in [1.165, 1.54) is 0 Å². The van der Waals surface area contributed by atoms with E-state index < -0.39 is 0 Å². The maximum absolute atomic E-state index is 11.3. The van der Waals surface area contributed by atoms with Crippen LogP contribution in [0.3, 0.4) is 0 Å². The molecule has 4 heteroatoms. The molecule has 1 heterocycles. The molecule has 1 rings (SSSR count). The molecule has 1 saturated heterocycles. The van der Waals surface area contributed by atoms with Crippen LogP contribution in [0.4, 0.5) is 0 Å². The smallest absolute Gasteiger partial charge is 0.320 e. The molecule has 0 saturated carbocycles. The van der Waals surface area contributed by atoms with E-state index in [1.54, 1.807) is 0 Å². The summed E-state index contributed by atoms with van der Waals surface area (Å²) in [6.45, 7) is 4.79. The van der Waals surface area contributed by atoms with Gasteiger partial charge in [0.05, 0.1) is 13.2 Å². The van der Waals surface area contributed by atoms with Crippen LogP contribution in [0.25, 0.3) is 0 Å². The Morgan fingerprint density at radius 2 is 2.14 bits per heavy atom. The summed E-state index contributed by atoms with van der Waals surface area (Å²) in [4.78, 5) is 13.4. The maximum atomic E-state index is 11.3. The zero-order chi connectivity index (χ0) is 10.4. The SMILES string of the molecule is CCCOC(=O)CN1CCC(N)CC1. The van der Waals surface area contributed by atoms with Crippen LogP contribution in [0.15, 0.2) is 0 Å². The predicted octanol–water partition coefficient (Wildman–Crippen LogP) is 0.363. The van der Waals surface area contributed by atoms with Crippen LogP contribution in [0.1, 0.15) is 26.2 Å². The second kappa shape index (κ2) is 5.98. The number of carbonyl (C=O) groups excluding carboxylic acids is 1. The average molecular weight is 200 g/mol. The number of nitrogens with zero attached hydrogens (tertiary/aromatic N) is 1. The van der Waals surface area contributed by atoms with Gasteiger partial charge >= 0.3 is 5.97 Å². The van der Waals surface area contributed by atoms with Gasteiger partial charge in [0.25, 0.3) is 0 Å². The zero-order valence-corrected chi connectivity index (χ0v) is 8.87. The molecule has 1 aliphatic rings. The van der Waals surface area contributed by atoms with Gasteiger partial charge in [-0.2, -0.15) is 0 Å². The molecule has 0 aromatic heterocycles. The highest BCUT2D eigenvalue weighted by Gasteiger charge is 2.18. The molecule has 0 aromatic rings. The van der Waals surface area contributed by atoms with Gasteiger partial charge in [-0.05, 0) is 19.3 Å². The van der Waals surface area contributed by atoms with Crippen LogP contribution in [0.2, 0.25) is 0 Å². The Bertz CT molecular complexity index is 177. The molecule has 1 fully saturated rings. The highest BCUT2D eigenvalue weighted by molar-refractivity contribution is 5.71. The number of piperidine rings is 1.